The number of carbonyl (C=O) groups is 1. The Morgan fingerprint density at radius 1 is 1.64 bits per heavy atom. The summed E-state index contributed by atoms with van der Waals surface area (Å²) in [7, 11) is 0. The number of furan rings is 1. The van der Waals surface area contributed by atoms with Gasteiger partial charge in [-0.2, -0.15) is 0 Å². The molecule has 1 atom stereocenters. The second kappa shape index (κ2) is 2.30. The fraction of sp³-hybridized carbons (Fsp3) is 0.286. The van der Waals surface area contributed by atoms with E-state index >= 15 is 0 Å². The van der Waals surface area contributed by atoms with Crippen molar-refractivity contribution in [3.8, 4) is 0 Å². The second-order valence-corrected chi connectivity index (χ2v) is 2.35. The molecule has 2 heterocycles. The Labute approximate surface area is 63.1 Å². The second-order valence-electron chi connectivity index (χ2n) is 2.35. The average Bonchev–Trinajstić information content (AvgIpc) is 2.55. The molecule has 1 N–H and O–H groups in total. The number of ether oxygens (including phenoxy) is 1. The van der Waals surface area contributed by atoms with Crippen molar-refractivity contribution in [1.29, 1.82) is 0 Å². The first-order valence-corrected chi connectivity index (χ1v) is 3.31. The minimum absolute atomic E-state index is 0.0405. The molecule has 0 radical (unpaired) electrons. The molecule has 1 aromatic heterocycles. The zero-order valence-corrected chi connectivity index (χ0v) is 5.74. The van der Waals surface area contributed by atoms with Gasteiger partial charge in [0.25, 0.3) is 0 Å². The van der Waals surface area contributed by atoms with Gasteiger partial charge in [0.15, 0.2) is 0 Å². The van der Waals surface area contributed by atoms with Crippen LogP contribution in [0.3, 0.4) is 0 Å². The van der Waals surface area contributed by atoms with Crippen LogP contribution >= 0.6 is 0 Å². The van der Waals surface area contributed by atoms with Gasteiger partial charge in [-0.3, -0.25) is 0 Å². The minimum Gasteiger partial charge on any atom is -0.472 e. The summed E-state index contributed by atoms with van der Waals surface area (Å²) in [6.07, 6.45) is 2.80. The molecule has 4 heteroatoms. The monoisotopic (exact) mass is 153 g/mol. The van der Waals surface area contributed by atoms with Crippen LogP contribution in [0.4, 0.5) is 4.79 Å². The van der Waals surface area contributed by atoms with Gasteiger partial charge in [-0.05, 0) is 6.07 Å². The lowest BCUT2D eigenvalue weighted by Crippen LogP contribution is -2.17. The van der Waals surface area contributed by atoms with E-state index in [-0.39, 0.29) is 12.1 Å². The molecule has 1 aliphatic rings. The van der Waals surface area contributed by atoms with Gasteiger partial charge in [0.2, 0.25) is 0 Å². The van der Waals surface area contributed by atoms with Crippen molar-refractivity contribution in [3.63, 3.8) is 0 Å². The normalized spacial score (nSPS) is 22.9. The molecule has 0 spiro atoms. The van der Waals surface area contributed by atoms with Gasteiger partial charge < -0.3 is 14.5 Å². The first-order valence-electron chi connectivity index (χ1n) is 3.31. The van der Waals surface area contributed by atoms with E-state index < -0.39 is 0 Å². The highest BCUT2D eigenvalue weighted by molar-refractivity contribution is 5.69. The highest BCUT2D eigenvalue weighted by Crippen LogP contribution is 2.17. The molecule has 1 aromatic rings. The Hall–Kier alpha value is -1.45. The van der Waals surface area contributed by atoms with Crippen molar-refractivity contribution >= 4 is 6.09 Å². The van der Waals surface area contributed by atoms with Gasteiger partial charge >= 0.3 is 6.09 Å². The lowest BCUT2D eigenvalue weighted by atomic mass is 10.2. The van der Waals surface area contributed by atoms with Crippen LogP contribution < -0.4 is 5.32 Å². The summed E-state index contributed by atoms with van der Waals surface area (Å²) in [5, 5.41) is 2.64. The third-order valence-corrected chi connectivity index (χ3v) is 1.62. The lowest BCUT2D eigenvalue weighted by molar-refractivity contribution is 0.177. The Balaban J connectivity index is 2.13. The molecular formula is C7H7NO3. The van der Waals surface area contributed by atoms with Gasteiger partial charge in [0.1, 0.15) is 6.61 Å². The van der Waals surface area contributed by atoms with Gasteiger partial charge in [-0.1, -0.05) is 0 Å². The number of hydrogen-bond acceptors (Lipinski definition) is 3. The average molecular weight is 153 g/mol. The third kappa shape index (κ3) is 1.07. The van der Waals surface area contributed by atoms with Gasteiger partial charge in [0.05, 0.1) is 18.6 Å². The molecular weight excluding hydrogens is 146 g/mol. The fourth-order valence-electron chi connectivity index (χ4n) is 1.04. The van der Waals surface area contributed by atoms with E-state index in [1.807, 2.05) is 0 Å². The van der Waals surface area contributed by atoms with Crippen LogP contribution in [-0.2, 0) is 4.74 Å². The first kappa shape index (κ1) is 6.27. The summed E-state index contributed by atoms with van der Waals surface area (Å²) in [5.41, 5.74) is 0.941. The molecule has 1 saturated heterocycles. The van der Waals surface area contributed by atoms with E-state index in [1.165, 1.54) is 0 Å². The summed E-state index contributed by atoms with van der Waals surface area (Å²) in [6, 6.07) is 1.76. The molecule has 58 valence electrons. The Morgan fingerprint density at radius 3 is 3.09 bits per heavy atom. The fourth-order valence-corrected chi connectivity index (χ4v) is 1.04. The SMILES string of the molecule is O=C1N[C@H](c2ccoc2)CO1. The summed E-state index contributed by atoms with van der Waals surface area (Å²) in [5.74, 6) is 0. The predicted octanol–water partition coefficient (Wildman–Crippen LogP) is 1.06. The third-order valence-electron chi connectivity index (χ3n) is 1.62. The van der Waals surface area contributed by atoms with Crippen molar-refractivity contribution < 1.29 is 13.9 Å². The molecule has 0 aliphatic carbocycles. The zero-order valence-electron chi connectivity index (χ0n) is 5.74. The maximum atomic E-state index is 10.6. The van der Waals surface area contributed by atoms with E-state index in [0.717, 1.165) is 5.56 Å². The molecule has 2 rings (SSSR count). The number of hydrogen-bond donors (Lipinski definition) is 1. The van der Waals surface area contributed by atoms with Crippen LogP contribution in [0.2, 0.25) is 0 Å². The Kier molecular flexibility index (Phi) is 1.31. The predicted molar refractivity (Wildman–Crippen MR) is 35.9 cm³/mol. The van der Waals surface area contributed by atoms with Crippen molar-refractivity contribution in [3.05, 3.63) is 24.2 Å². The number of carbonyl (C=O) groups excluding carboxylic acids is 1. The van der Waals surface area contributed by atoms with E-state index in [4.69, 9.17) is 9.15 Å². The van der Waals surface area contributed by atoms with Crippen LogP contribution in [0.15, 0.2) is 23.0 Å². The first-order chi connectivity index (χ1) is 5.36. The van der Waals surface area contributed by atoms with E-state index in [0.29, 0.717) is 6.61 Å². The highest BCUT2D eigenvalue weighted by Gasteiger charge is 2.23. The van der Waals surface area contributed by atoms with E-state index in [9.17, 15) is 4.79 Å². The summed E-state index contributed by atoms with van der Waals surface area (Å²) >= 11 is 0. The summed E-state index contributed by atoms with van der Waals surface area (Å²) in [6.45, 7) is 0.387. The van der Waals surface area contributed by atoms with Crippen molar-refractivity contribution in [1.82, 2.24) is 5.32 Å². The van der Waals surface area contributed by atoms with Crippen molar-refractivity contribution in [2.75, 3.05) is 6.61 Å². The number of amides is 1. The molecule has 0 unspecified atom stereocenters. The standard InChI is InChI=1S/C7H7NO3/c9-7-8-6(4-11-7)5-1-2-10-3-5/h1-3,6H,4H2,(H,8,9)/t6-/m0/s1. The largest absolute Gasteiger partial charge is 0.472 e. The summed E-state index contributed by atoms with van der Waals surface area (Å²) in [4.78, 5) is 10.6. The molecule has 1 aliphatic heterocycles. The van der Waals surface area contributed by atoms with Crippen LogP contribution in [-0.4, -0.2) is 12.7 Å². The van der Waals surface area contributed by atoms with E-state index in [2.05, 4.69) is 5.32 Å². The maximum Gasteiger partial charge on any atom is 0.407 e. The van der Waals surface area contributed by atoms with Crippen molar-refractivity contribution in [2.45, 2.75) is 6.04 Å². The smallest absolute Gasteiger partial charge is 0.407 e. The molecule has 1 fully saturated rings. The number of alkyl carbamates (subject to hydrolysis) is 1. The van der Waals surface area contributed by atoms with Crippen LogP contribution in [0.1, 0.15) is 11.6 Å². The van der Waals surface area contributed by atoms with Crippen LogP contribution in [0, 0.1) is 0 Å². The van der Waals surface area contributed by atoms with Gasteiger partial charge in [0, 0.05) is 5.56 Å². The Morgan fingerprint density at radius 2 is 2.55 bits per heavy atom. The number of cyclic esters (lactones) is 1. The molecule has 0 bridgehead atoms. The molecule has 1 amide bonds. The molecule has 0 saturated carbocycles. The topological polar surface area (TPSA) is 51.5 Å². The zero-order chi connectivity index (χ0) is 7.68. The Bertz CT molecular complexity index is 255. The van der Waals surface area contributed by atoms with Crippen LogP contribution in [0.5, 0.6) is 0 Å². The lowest BCUT2D eigenvalue weighted by Gasteiger charge is -2.00. The summed E-state index contributed by atoms with van der Waals surface area (Å²) < 4.78 is 9.55. The van der Waals surface area contributed by atoms with Crippen molar-refractivity contribution in [2.24, 2.45) is 0 Å². The number of nitrogens with one attached hydrogen (secondary N) is 1. The minimum atomic E-state index is -0.365. The quantitative estimate of drug-likeness (QED) is 0.656. The van der Waals surface area contributed by atoms with Gasteiger partial charge in [-0.25, -0.2) is 4.79 Å². The van der Waals surface area contributed by atoms with Crippen LogP contribution in [0.25, 0.3) is 0 Å². The molecule has 4 nitrogen and oxygen atoms in total. The van der Waals surface area contributed by atoms with Gasteiger partial charge in [-0.15, -0.1) is 0 Å². The molecule has 11 heavy (non-hydrogen) atoms. The van der Waals surface area contributed by atoms with E-state index in [1.54, 1.807) is 18.6 Å². The highest BCUT2D eigenvalue weighted by atomic mass is 16.6. The molecule has 0 aromatic carbocycles. The maximum absolute atomic E-state index is 10.6. The number of rotatable bonds is 1.